The smallest absolute Gasteiger partial charge is 0.123 e. The van der Waals surface area contributed by atoms with Crippen LogP contribution in [0.15, 0.2) is 23.1 Å². The molecule has 1 heterocycles. The van der Waals surface area contributed by atoms with Crippen LogP contribution in [-0.4, -0.2) is 17.5 Å². The third-order valence-corrected chi connectivity index (χ3v) is 3.79. The van der Waals surface area contributed by atoms with Gasteiger partial charge in [0.05, 0.1) is 0 Å². The molecule has 0 N–H and O–H groups in total. The minimum Gasteiger partial charge on any atom is -0.296 e. The van der Waals surface area contributed by atoms with Crippen LogP contribution in [0.25, 0.3) is 0 Å². The highest BCUT2D eigenvalue weighted by molar-refractivity contribution is 7.80. The lowest BCUT2D eigenvalue weighted by Crippen LogP contribution is -2.36. The van der Waals surface area contributed by atoms with Crippen LogP contribution >= 0.6 is 12.6 Å². The minimum atomic E-state index is -0.169. The predicted octanol–water partition coefficient (Wildman–Crippen LogP) is 3.49. The molecular weight excluding hydrogens is 221 g/mol. The van der Waals surface area contributed by atoms with E-state index in [2.05, 4.69) is 24.5 Å². The number of halogens is 1. The molecule has 2 rings (SSSR count). The Bertz CT molecular complexity index is 367. The van der Waals surface area contributed by atoms with Crippen molar-refractivity contribution in [2.24, 2.45) is 0 Å². The van der Waals surface area contributed by atoms with Gasteiger partial charge in [0.2, 0.25) is 0 Å². The van der Waals surface area contributed by atoms with Crippen molar-refractivity contribution in [2.75, 3.05) is 6.54 Å². The van der Waals surface area contributed by atoms with Crippen molar-refractivity contribution in [1.82, 2.24) is 4.90 Å². The first-order chi connectivity index (χ1) is 7.66. The third-order valence-electron chi connectivity index (χ3n) is 3.36. The molecule has 0 spiro atoms. The van der Waals surface area contributed by atoms with E-state index >= 15 is 0 Å². The van der Waals surface area contributed by atoms with Gasteiger partial charge in [0.15, 0.2) is 0 Å². The van der Waals surface area contributed by atoms with Gasteiger partial charge in [0.1, 0.15) is 5.82 Å². The van der Waals surface area contributed by atoms with Crippen LogP contribution in [0, 0.1) is 5.82 Å². The second-order valence-electron chi connectivity index (χ2n) is 4.59. The van der Waals surface area contributed by atoms with Crippen LogP contribution in [0.3, 0.4) is 0 Å². The Morgan fingerprint density at radius 2 is 2.25 bits per heavy atom. The Kier molecular flexibility index (Phi) is 3.87. The van der Waals surface area contributed by atoms with Crippen LogP contribution in [0.4, 0.5) is 4.39 Å². The highest BCUT2D eigenvalue weighted by Crippen LogP contribution is 2.22. The Morgan fingerprint density at radius 1 is 1.44 bits per heavy atom. The molecule has 1 aromatic rings. The van der Waals surface area contributed by atoms with E-state index in [0.29, 0.717) is 6.04 Å². The Balaban J connectivity index is 2.10. The summed E-state index contributed by atoms with van der Waals surface area (Å²) in [5.74, 6) is -0.169. The van der Waals surface area contributed by atoms with Crippen molar-refractivity contribution in [3.8, 4) is 0 Å². The van der Waals surface area contributed by atoms with E-state index in [-0.39, 0.29) is 5.82 Å². The molecule has 3 heteroatoms. The second-order valence-corrected chi connectivity index (χ2v) is 5.07. The summed E-state index contributed by atoms with van der Waals surface area (Å²) in [4.78, 5) is 3.30. The molecule has 0 radical (unpaired) electrons. The molecule has 1 atom stereocenters. The van der Waals surface area contributed by atoms with Crippen LogP contribution < -0.4 is 0 Å². The molecule has 1 aliphatic rings. The number of benzene rings is 1. The molecule has 88 valence electrons. The van der Waals surface area contributed by atoms with Crippen molar-refractivity contribution in [3.63, 3.8) is 0 Å². The first-order valence-electron chi connectivity index (χ1n) is 5.88. The second kappa shape index (κ2) is 5.19. The van der Waals surface area contributed by atoms with Crippen LogP contribution in [-0.2, 0) is 6.54 Å². The summed E-state index contributed by atoms with van der Waals surface area (Å²) in [6.45, 7) is 4.18. The van der Waals surface area contributed by atoms with Gasteiger partial charge < -0.3 is 0 Å². The summed E-state index contributed by atoms with van der Waals surface area (Å²) in [5.41, 5.74) is 0.997. The number of hydrogen-bond acceptors (Lipinski definition) is 2. The quantitative estimate of drug-likeness (QED) is 0.773. The van der Waals surface area contributed by atoms with Gasteiger partial charge in [-0.05, 0) is 50.1 Å². The lowest BCUT2D eigenvalue weighted by molar-refractivity contribution is 0.151. The SMILES string of the molecule is CC1CCCCN1Cc1cc(F)ccc1S. The number of piperidine rings is 1. The molecule has 0 bridgehead atoms. The predicted molar refractivity (Wildman–Crippen MR) is 67.4 cm³/mol. The van der Waals surface area contributed by atoms with E-state index in [1.165, 1.54) is 25.3 Å². The molecule has 1 aromatic carbocycles. The zero-order valence-electron chi connectivity index (χ0n) is 9.62. The van der Waals surface area contributed by atoms with Gasteiger partial charge in [0.25, 0.3) is 0 Å². The van der Waals surface area contributed by atoms with E-state index in [4.69, 9.17) is 0 Å². The van der Waals surface area contributed by atoms with E-state index in [1.807, 2.05) is 0 Å². The summed E-state index contributed by atoms with van der Waals surface area (Å²) in [5, 5.41) is 0. The summed E-state index contributed by atoms with van der Waals surface area (Å²) >= 11 is 4.38. The molecule has 1 aliphatic heterocycles. The minimum absolute atomic E-state index is 0.169. The zero-order chi connectivity index (χ0) is 11.5. The van der Waals surface area contributed by atoms with Crippen molar-refractivity contribution in [3.05, 3.63) is 29.6 Å². The van der Waals surface area contributed by atoms with Gasteiger partial charge in [0, 0.05) is 17.5 Å². The van der Waals surface area contributed by atoms with Gasteiger partial charge in [-0.2, -0.15) is 0 Å². The molecule has 0 saturated carbocycles. The van der Waals surface area contributed by atoms with E-state index < -0.39 is 0 Å². The maximum atomic E-state index is 13.1. The molecular formula is C13H18FNS. The summed E-state index contributed by atoms with van der Waals surface area (Å²) < 4.78 is 13.1. The molecule has 0 aliphatic carbocycles. The molecule has 0 amide bonds. The highest BCUT2D eigenvalue weighted by Gasteiger charge is 2.18. The molecule has 1 saturated heterocycles. The van der Waals surface area contributed by atoms with Crippen molar-refractivity contribution in [1.29, 1.82) is 0 Å². The number of hydrogen-bond donors (Lipinski definition) is 1. The third kappa shape index (κ3) is 2.77. The van der Waals surface area contributed by atoms with Gasteiger partial charge in [-0.3, -0.25) is 4.90 Å². The monoisotopic (exact) mass is 239 g/mol. The fourth-order valence-electron chi connectivity index (χ4n) is 2.29. The van der Waals surface area contributed by atoms with E-state index in [9.17, 15) is 4.39 Å². The van der Waals surface area contributed by atoms with Gasteiger partial charge in [-0.15, -0.1) is 12.6 Å². The van der Waals surface area contributed by atoms with Crippen LogP contribution in [0.1, 0.15) is 31.7 Å². The Hall–Kier alpha value is -0.540. The first-order valence-corrected chi connectivity index (χ1v) is 6.33. The topological polar surface area (TPSA) is 3.24 Å². The normalized spacial score (nSPS) is 22.3. The van der Waals surface area contributed by atoms with Crippen molar-refractivity contribution < 1.29 is 4.39 Å². The highest BCUT2D eigenvalue weighted by atomic mass is 32.1. The number of likely N-dealkylation sites (tertiary alicyclic amines) is 1. The van der Waals surface area contributed by atoms with E-state index in [0.717, 1.165) is 23.5 Å². The maximum Gasteiger partial charge on any atom is 0.123 e. The van der Waals surface area contributed by atoms with Gasteiger partial charge >= 0.3 is 0 Å². The largest absolute Gasteiger partial charge is 0.296 e. The molecule has 0 aromatic heterocycles. The number of rotatable bonds is 2. The Morgan fingerprint density at radius 3 is 3.00 bits per heavy atom. The standard InChI is InChI=1S/C13H18FNS/c1-10-4-2-3-7-15(10)9-11-8-12(14)5-6-13(11)16/h5-6,8,10,16H,2-4,7,9H2,1H3. The van der Waals surface area contributed by atoms with Gasteiger partial charge in [-0.25, -0.2) is 4.39 Å². The van der Waals surface area contributed by atoms with Crippen LogP contribution in [0.5, 0.6) is 0 Å². The lowest BCUT2D eigenvalue weighted by atomic mass is 10.0. The lowest BCUT2D eigenvalue weighted by Gasteiger charge is -2.33. The molecule has 1 fully saturated rings. The first kappa shape index (κ1) is 11.9. The molecule has 1 nitrogen and oxygen atoms in total. The summed E-state index contributed by atoms with van der Waals surface area (Å²) in [7, 11) is 0. The maximum absolute atomic E-state index is 13.1. The molecule has 16 heavy (non-hydrogen) atoms. The van der Waals surface area contributed by atoms with Crippen LogP contribution in [0.2, 0.25) is 0 Å². The molecule has 1 unspecified atom stereocenters. The average Bonchev–Trinajstić information content (AvgIpc) is 2.27. The summed E-state index contributed by atoms with van der Waals surface area (Å²) in [6, 6.07) is 5.40. The van der Waals surface area contributed by atoms with E-state index in [1.54, 1.807) is 12.1 Å². The Labute approximate surface area is 102 Å². The fourth-order valence-corrected chi connectivity index (χ4v) is 2.50. The number of thiol groups is 1. The van der Waals surface area contributed by atoms with Crippen molar-refractivity contribution >= 4 is 12.6 Å². The fraction of sp³-hybridized carbons (Fsp3) is 0.538. The van der Waals surface area contributed by atoms with Crippen molar-refractivity contribution in [2.45, 2.75) is 43.7 Å². The average molecular weight is 239 g/mol. The van der Waals surface area contributed by atoms with Gasteiger partial charge in [-0.1, -0.05) is 6.42 Å². The summed E-state index contributed by atoms with van der Waals surface area (Å²) in [6.07, 6.45) is 3.81. The zero-order valence-corrected chi connectivity index (χ0v) is 10.5. The number of nitrogens with zero attached hydrogens (tertiary/aromatic N) is 1.